The highest BCUT2D eigenvalue weighted by Gasteiger charge is 2.31. The molecule has 1 aliphatic rings. The molecule has 4 rings (SSSR count). The van der Waals surface area contributed by atoms with Gasteiger partial charge in [-0.25, -0.2) is 4.39 Å². The Morgan fingerprint density at radius 2 is 1.88 bits per heavy atom. The first kappa shape index (κ1) is 29.7. The van der Waals surface area contributed by atoms with E-state index in [0.717, 1.165) is 28.7 Å². The normalized spacial score (nSPS) is 13.8. The van der Waals surface area contributed by atoms with Crippen LogP contribution in [0.4, 0.5) is 17.6 Å². The molecule has 4 N–H and O–H groups in total. The molecule has 0 aliphatic carbocycles. The molecule has 3 heterocycles. The average molecular weight is 595 g/mol. The van der Waals surface area contributed by atoms with Gasteiger partial charge in [-0.05, 0) is 42.7 Å². The van der Waals surface area contributed by atoms with E-state index in [4.69, 9.17) is 0 Å². The minimum atomic E-state index is -4.82. The van der Waals surface area contributed by atoms with Gasteiger partial charge in [0.1, 0.15) is 22.6 Å². The number of aromatic nitrogens is 3. The number of rotatable bonds is 12. The number of benzene rings is 1. The number of carbonyl (C=O) groups excluding carboxylic acids is 2. The zero-order chi connectivity index (χ0) is 29.4. The number of nitrogens with zero attached hydrogens (tertiary/aromatic N) is 4. The summed E-state index contributed by atoms with van der Waals surface area (Å²) in [5.41, 5.74) is 7.50. The van der Waals surface area contributed by atoms with Crippen molar-refractivity contribution in [3.63, 3.8) is 0 Å². The van der Waals surface area contributed by atoms with E-state index in [2.05, 4.69) is 41.5 Å². The molecule has 1 unspecified atom stereocenters. The van der Waals surface area contributed by atoms with Gasteiger partial charge in [0.15, 0.2) is 0 Å². The molecule has 2 amide bonds. The number of hydrogen-bond donors (Lipinski definition) is 4. The fourth-order valence-corrected chi connectivity index (χ4v) is 4.36. The van der Waals surface area contributed by atoms with Gasteiger partial charge in [-0.2, -0.15) is 0 Å². The molecule has 16 heteroatoms. The summed E-state index contributed by atoms with van der Waals surface area (Å²) in [6.45, 7) is 2.03. The van der Waals surface area contributed by atoms with Crippen LogP contribution in [0.25, 0.3) is 0 Å². The van der Waals surface area contributed by atoms with Gasteiger partial charge in [0, 0.05) is 37.6 Å². The van der Waals surface area contributed by atoms with Crippen molar-refractivity contribution in [3.05, 3.63) is 81.3 Å². The molecule has 0 fully saturated rings. The van der Waals surface area contributed by atoms with Gasteiger partial charge in [-0.3, -0.25) is 25.0 Å². The number of carbonyl (C=O) groups is 2. The number of nitrogens with one attached hydrogen (secondary N) is 4. The van der Waals surface area contributed by atoms with Crippen LogP contribution in [0.15, 0.2) is 54.5 Å². The lowest BCUT2D eigenvalue weighted by Gasteiger charge is -2.17. The van der Waals surface area contributed by atoms with Crippen LogP contribution in [-0.4, -0.2) is 51.1 Å². The molecule has 11 nitrogen and oxygen atoms in total. The van der Waals surface area contributed by atoms with Gasteiger partial charge < -0.3 is 15.4 Å². The number of halogens is 4. The first-order chi connectivity index (χ1) is 19.5. The lowest BCUT2D eigenvalue weighted by atomic mass is 10.2. The quantitative estimate of drug-likeness (QED) is 0.234. The van der Waals surface area contributed by atoms with Gasteiger partial charge in [-0.1, -0.05) is 29.5 Å². The van der Waals surface area contributed by atoms with Crippen LogP contribution in [0.3, 0.4) is 0 Å². The summed E-state index contributed by atoms with van der Waals surface area (Å²) >= 11 is 1.09. The standard InChI is InChI=1S/C25H26F4N8O3S/c1-15-5-6-17(11-30-15)12-32-23(39)24-35-34-21(41-24)8-7-18(26)13-37-14-20(33-36-37)22(38)31-10-16-3-2-4-19(9-16)40-25(27,28)29/h2-6,9,11,14,18,33,36H,7-8,10,12-13H2,1H3,(H,31,38)(H,32,39). The Morgan fingerprint density at radius 1 is 1.10 bits per heavy atom. The predicted molar refractivity (Wildman–Crippen MR) is 139 cm³/mol. The molecular formula is C25H26F4N8O3S. The average Bonchev–Trinajstić information content (AvgIpc) is 3.59. The smallest absolute Gasteiger partial charge is 0.406 e. The second kappa shape index (κ2) is 13.4. The van der Waals surface area contributed by atoms with Gasteiger partial charge in [0.2, 0.25) is 5.01 Å². The van der Waals surface area contributed by atoms with E-state index < -0.39 is 24.2 Å². The van der Waals surface area contributed by atoms with Crippen molar-refractivity contribution < 1.29 is 31.9 Å². The van der Waals surface area contributed by atoms with Gasteiger partial charge in [0.25, 0.3) is 11.8 Å². The van der Waals surface area contributed by atoms with Crippen molar-refractivity contribution in [2.24, 2.45) is 0 Å². The van der Waals surface area contributed by atoms with Crippen molar-refractivity contribution in [1.82, 2.24) is 41.8 Å². The molecule has 218 valence electrons. The van der Waals surface area contributed by atoms with Crippen LogP contribution < -0.4 is 26.3 Å². The zero-order valence-electron chi connectivity index (χ0n) is 21.7. The summed E-state index contributed by atoms with van der Waals surface area (Å²) in [7, 11) is 0. The van der Waals surface area contributed by atoms with Crippen LogP contribution in [-0.2, 0) is 24.3 Å². The number of amides is 2. The highest BCUT2D eigenvalue weighted by Crippen LogP contribution is 2.23. The van der Waals surface area contributed by atoms with E-state index in [-0.39, 0.29) is 42.5 Å². The van der Waals surface area contributed by atoms with E-state index in [9.17, 15) is 27.2 Å². The summed E-state index contributed by atoms with van der Waals surface area (Å²) in [5, 5.41) is 15.2. The summed E-state index contributed by atoms with van der Waals surface area (Å²) < 4.78 is 55.7. The maximum absolute atomic E-state index is 14.6. The Morgan fingerprint density at radius 3 is 2.63 bits per heavy atom. The third-order valence-corrected chi connectivity index (χ3v) is 6.58. The van der Waals surface area contributed by atoms with Crippen LogP contribution in [0.2, 0.25) is 0 Å². The Hall–Kier alpha value is -4.31. The van der Waals surface area contributed by atoms with Gasteiger partial charge in [0.05, 0.1) is 6.54 Å². The minimum absolute atomic E-state index is 0.0519. The third-order valence-electron chi connectivity index (χ3n) is 5.60. The highest BCUT2D eigenvalue weighted by atomic mass is 32.1. The fourth-order valence-electron chi connectivity index (χ4n) is 3.59. The number of hydrazine groups is 2. The zero-order valence-corrected chi connectivity index (χ0v) is 22.5. The summed E-state index contributed by atoms with van der Waals surface area (Å²) in [6.07, 6.45) is -2.69. The predicted octanol–water partition coefficient (Wildman–Crippen LogP) is 2.82. The van der Waals surface area contributed by atoms with E-state index in [1.54, 1.807) is 6.20 Å². The molecule has 0 saturated carbocycles. The maximum Gasteiger partial charge on any atom is 0.573 e. The molecule has 0 radical (unpaired) electrons. The Balaban J connectivity index is 1.18. The second-order valence-electron chi connectivity index (χ2n) is 8.94. The summed E-state index contributed by atoms with van der Waals surface area (Å²) in [6, 6.07) is 8.95. The molecule has 3 aromatic rings. The van der Waals surface area contributed by atoms with E-state index in [1.165, 1.54) is 29.4 Å². The first-order valence-electron chi connectivity index (χ1n) is 12.3. The highest BCUT2D eigenvalue weighted by molar-refractivity contribution is 7.13. The fraction of sp³-hybridized carbons (Fsp3) is 0.320. The van der Waals surface area contributed by atoms with E-state index in [0.29, 0.717) is 17.1 Å². The monoisotopic (exact) mass is 594 g/mol. The molecule has 0 spiro atoms. The van der Waals surface area contributed by atoms with Crippen molar-refractivity contribution >= 4 is 23.2 Å². The van der Waals surface area contributed by atoms with Gasteiger partial charge >= 0.3 is 6.36 Å². The van der Waals surface area contributed by atoms with E-state index in [1.807, 2.05) is 19.1 Å². The van der Waals surface area contributed by atoms with Gasteiger partial charge in [-0.15, -0.1) is 28.9 Å². The summed E-state index contributed by atoms with van der Waals surface area (Å²) in [5.74, 6) is -1.32. The molecule has 1 aliphatic heterocycles. The molecule has 2 aromatic heterocycles. The number of aryl methyl sites for hydroxylation is 2. The number of hydrogen-bond acceptors (Lipinski definition) is 10. The SMILES string of the molecule is Cc1ccc(CNC(=O)c2nnc(CCC(F)CN3C=C(C(=O)NCc4cccc(OC(F)(F)F)c4)NN3)s2)cn1. The lowest BCUT2D eigenvalue weighted by molar-refractivity contribution is -0.274. The molecule has 41 heavy (non-hydrogen) atoms. The number of alkyl halides is 4. The largest absolute Gasteiger partial charge is 0.573 e. The number of ether oxygens (including phenoxy) is 1. The molecule has 1 aromatic carbocycles. The lowest BCUT2D eigenvalue weighted by Crippen LogP contribution is -2.41. The second-order valence-corrected chi connectivity index (χ2v) is 10.00. The first-order valence-corrected chi connectivity index (χ1v) is 13.1. The third kappa shape index (κ3) is 9.39. The Labute approximate surface area is 235 Å². The van der Waals surface area contributed by atoms with Crippen molar-refractivity contribution in [2.45, 2.75) is 45.4 Å². The molecular weight excluding hydrogens is 568 g/mol. The van der Waals surface area contributed by atoms with E-state index >= 15 is 0 Å². The topological polar surface area (TPSA) is 133 Å². The summed E-state index contributed by atoms with van der Waals surface area (Å²) in [4.78, 5) is 28.9. The van der Waals surface area contributed by atoms with Crippen LogP contribution in [0.1, 0.15) is 38.1 Å². The molecule has 1 atom stereocenters. The van der Waals surface area contributed by atoms with Crippen molar-refractivity contribution in [3.8, 4) is 5.75 Å². The molecule has 0 bridgehead atoms. The van der Waals surface area contributed by atoms with Crippen LogP contribution in [0.5, 0.6) is 5.75 Å². The maximum atomic E-state index is 14.6. The van der Waals surface area contributed by atoms with Crippen LogP contribution in [0, 0.1) is 6.92 Å². The number of pyridine rings is 1. The Bertz CT molecular complexity index is 1380. The Kier molecular flexibility index (Phi) is 9.67. The van der Waals surface area contributed by atoms with Crippen molar-refractivity contribution in [2.75, 3.05) is 6.54 Å². The van der Waals surface area contributed by atoms with Crippen LogP contribution >= 0.6 is 11.3 Å². The minimum Gasteiger partial charge on any atom is -0.406 e. The van der Waals surface area contributed by atoms with Crippen molar-refractivity contribution in [1.29, 1.82) is 0 Å². The molecule has 0 saturated heterocycles.